The van der Waals surface area contributed by atoms with E-state index in [2.05, 4.69) is 36.9 Å². The molecule has 0 spiro atoms. The summed E-state index contributed by atoms with van der Waals surface area (Å²) in [6.07, 6.45) is 9.77. The van der Waals surface area contributed by atoms with Gasteiger partial charge in [-0.15, -0.1) is 9.24 Å². The minimum Gasteiger partial charge on any atom is -0.458 e. The van der Waals surface area contributed by atoms with Crippen molar-refractivity contribution in [2.24, 2.45) is 11.8 Å². The van der Waals surface area contributed by atoms with Gasteiger partial charge in [-0.2, -0.15) is 0 Å². The molecule has 4 rings (SSSR count). The minimum absolute atomic E-state index is 0.150. The fraction of sp³-hybridized carbons (Fsp3) is 0.963. The van der Waals surface area contributed by atoms with Gasteiger partial charge >= 0.3 is 5.97 Å². The number of ether oxygens (including phenoxy) is 5. The van der Waals surface area contributed by atoms with Gasteiger partial charge in [0.25, 0.3) is 0 Å². The van der Waals surface area contributed by atoms with Crippen molar-refractivity contribution in [1.29, 1.82) is 0 Å². The van der Waals surface area contributed by atoms with Crippen LogP contribution in [-0.4, -0.2) is 53.7 Å². The first-order valence-corrected chi connectivity index (χ1v) is 14.1. The summed E-state index contributed by atoms with van der Waals surface area (Å²) >= 11 is 0. The van der Waals surface area contributed by atoms with Crippen molar-refractivity contribution in [3.63, 3.8) is 0 Å². The zero-order valence-corrected chi connectivity index (χ0v) is 23.2. The molecule has 7 heteroatoms. The molecule has 2 aliphatic heterocycles. The molecule has 2 aliphatic carbocycles. The molecule has 34 heavy (non-hydrogen) atoms. The smallest absolute Gasteiger partial charge is 0.316 e. The average molecular weight is 499 g/mol. The van der Waals surface area contributed by atoms with Gasteiger partial charge in [-0.1, -0.05) is 20.8 Å². The van der Waals surface area contributed by atoms with E-state index in [9.17, 15) is 4.79 Å². The Labute approximate surface area is 208 Å². The van der Waals surface area contributed by atoms with Crippen molar-refractivity contribution >= 4 is 15.2 Å². The van der Waals surface area contributed by atoms with Gasteiger partial charge in [-0.3, -0.25) is 4.79 Å². The number of esters is 1. The highest BCUT2D eigenvalue weighted by Gasteiger charge is 2.61. The van der Waals surface area contributed by atoms with Crippen LogP contribution in [0.5, 0.6) is 0 Å². The predicted octanol–water partition coefficient (Wildman–Crippen LogP) is 5.76. The molecule has 6 nitrogen and oxygen atoms in total. The zero-order chi connectivity index (χ0) is 24.6. The highest BCUT2D eigenvalue weighted by atomic mass is 31.0. The monoisotopic (exact) mass is 498 g/mol. The fourth-order valence-corrected chi connectivity index (χ4v) is 6.90. The summed E-state index contributed by atoms with van der Waals surface area (Å²) in [7, 11) is 2.74. The Bertz CT molecular complexity index is 712. The van der Waals surface area contributed by atoms with Gasteiger partial charge in [-0.05, 0) is 77.0 Å². The van der Waals surface area contributed by atoms with E-state index in [0.717, 1.165) is 71.0 Å². The SMILES string of the molecule is CC1CC2(OC(=O)C(C)(P)C(C)C)CC(C)(OC3CCCCO3)CC(OC3CCCCO3)(C1)C2. The Morgan fingerprint density at radius 1 is 0.941 bits per heavy atom. The third-order valence-corrected chi connectivity index (χ3v) is 9.40. The maximum Gasteiger partial charge on any atom is 0.316 e. The molecule has 2 saturated carbocycles. The predicted molar refractivity (Wildman–Crippen MR) is 135 cm³/mol. The summed E-state index contributed by atoms with van der Waals surface area (Å²) in [4.78, 5) is 13.5. The van der Waals surface area contributed by atoms with E-state index in [0.29, 0.717) is 18.8 Å². The van der Waals surface area contributed by atoms with Gasteiger partial charge in [0.15, 0.2) is 12.6 Å². The molecule has 8 unspecified atom stereocenters. The molecule has 0 amide bonds. The van der Waals surface area contributed by atoms with Crippen LogP contribution in [0.25, 0.3) is 0 Å². The number of rotatable bonds is 7. The van der Waals surface area contributed by atoms with Crippen molar-refractivity contribution < 1.29 is 28.5 Å². The maximum absolute atomic E-state index is 13.5. The molecule has 4 fully saturated rings. The molecule has 0 radical (unpaired) electrons. The van der Waals surface area contributed by atoms with Crippen LogP contribution >= 0.6 is 9.24 Å². The van der Waals surface area contributed by atoms with Gasteiger partial charge in [0.2, 0.25) is 0 Å². The van der Waals surface area contributed by atoms with Gasteiger partial charge in [-0.25, -0.2) is 0 Å². The van der Waals surface area contributed by atoms with E-state index in [4.69, 9.17) is 23.7 Å². The second-order valence-corrected chi connectivity index (χ2v) is 13.7. The maximum atomic E-state index is 13.5. The second kappa shape index (κ2) is 10.2. The lowest BCUT2D eigenvalue weighted by atomic mass is 9.58. The Kier molecular flexibility index (Phi) is 8.07. The largest absolute Gasteiger partial charge is 0.458 e. The molecule has 0 aromatic rings. The fourth-order valence-electron chi connectivity index (χ4n) is 6.84. The normalized spacial score (nSPS) is 42.7. The molecule has 0 aromatic carbocycles. The number of fused-ring (bicyclic) bond motifs is 2. The van der Waals surface area contributed by atoms with E-state index in [1.54, 1.807) is 0 Å². The molecule has 2 heterocycles. The molecule has 2 saturated heterocycles. The van der Waals surface area contributed by atoms with E-state index in [-0.39, 0.29) is 24.5 Å². The van der Waals surface area contributed by atoms with E-state index < -0.39 is 22.0 Å². The Balaban J connectivity index is 1.63. The van der Waals surface area contributed by atoms with E-state index in [1.807, 2.05) is 6.92 Å². The molecular formula is C27H47O6P. The van der Waals surface area contributed by atoms with Crippen molar-refractivity contribution in [3.05, 3.63) is 0 Å². The summed E-state index contributed by atoms with van der Waals surface area (Å²) in [6.45, 7) is 12.0. The van der Waals surface area contributed by atoms with Crippen molar-refractivity contribution in [3.8, 4) is 0 Å². The standard InChI is InChI=1S/C27H47O6P/c1-19(2)25(5,34)23(28)33-27-15-20(3)14-26(18-27,32-22-11-7-9-13-30-22)16-24(4,17-27)31-21-10-6-8-12-29-21/h19-22H,6-18,34H2,1-5H3. The lowest BCUT2D eigenvalue weighted by Crippen LogP contribution is -2.64. The molecule has 2 bridgehead atoms. The van der Waals surface area contributed by atoms with E-state index >= 15 is 0 Å². The third kappa shape index (κ3) is 5.99. The molecule has 8 atom stereocenters. The Morgan fingerprint density at radius 2 is 1.50 bits per heavy atom. The first kappa shape index (κ1) is 26.8. The summed E-state index contributed by atoms with van der Waals surface area (Å²) in [6, 6.07) is 0. The van der Waals surface area contributed by atoms with E-state index in [1.165, 1.54) is 0 Å². The lowest BCUT2D eigenvalue weighted by Gasteiger charge is -2.59. The van der Waals surface area contributed by atoms with Crippen LogP contribution in [0.2, 0.25) is 0 Å². The van der Waals surface area contributed by atoms with Crippen LogP contribution in [0.4, 0.5) is 0 Å². The van der Waals surface area contributed by atoms with Crippen LogP contribution in [-0.2, 0) is 28.5 Å². The molecular weight excluding hydrogens is 451 g/mol. The third-order valence-electron chi connectivity index (χ3n) is 8.50. The number of carbonyl (C=O) groups is 1. The van der Waals surface area contributed by atoms with Crippen molar-refractivity contribution in [1.82, 2.24) is 0 Å². The number of carbonyl (C=O) groups excluding carboxylic acids is 1. The molecule has 0 aromatic heterocycles. The van der Waals surface area contributed by atoms with Crippen LogP contribution in [0.3, 0.4) is 0 Å². The molecule has 196 valence electrons. The van der Waals surface area contributed by atoms with Crippen LogP contribution in [0.1, 0.15) is 105 Å². The average Bonchev–Trinajstić information content (AvgIpc) is 2.73. The zero-order valence-electron chi connectivity index (χ0n) is 22.0. The number of hydrogen-bond donors (Lipinski definition) is 0. The van der Waals surface area contributed by atoms with Crippen LogP contribution in [0, 0.1) is 11.8 Å². The van der Waals surface area contributed by atoms with Gasteiger partial charge in [0.1, 0.15) is 5.60 Å². The highest BCUT2D eigenvalue weighted by Crippen LogP contribution is 2.57. The summed E-state index contributed by atoms with van der Waals surface area (Å²) in [5, 5.41) is -0.632. The number of hydrogen-bond acceptors (Lipinski definition) is 6. The topological polar surface area (TPSA) is 63.2 Å². The summed E-state index contributed by atoms with van der Waals surface area (Å²) in [5.41, 5.74) is -1.54. The van der Waals surface area contributed by atoms with Gasteiger partial charge < -0.3 is 23.7 Å². The minimum atomic E-state index is -0.632. The molecule has 4 aliphatic rings. The van der Waals surface area contributed by atoms with Crippen molar-refractivity contribution in [2.45, 2.75) is 140 Å². The highest BCUT2D eigenvalue weighted by molar-refractivity contribution is 7.20. The first-order chi connectivity index (χ1) is 16.0. The van der Waals surface area contributed by atoms with Crippen LogP contribution < -0.4 is 0 Å². The summed E-state index contributed by atoms with van der Waals surface area (Å²) in [5.74, 6) is 0.388. The Morgan fingerprint density at radius 3 is 2.06 bits per heavy atom. The van der Waals surface area contributed by atoms with Crippen LogP contribution in [0.15, 0.2) is 0 Å². The van der Waals surface area contributed by atoms with Gasteiger partial charge in [0.05, 0.1) is 16.4 Å². The first-order valence-electron chi connectivity index (χ1n) is 13.6. The van der Waals surface area contributed by atoms with Crippen molar-refractivity contribution in [2.75, 3.05) is 13.2 Å². The van der Waals surface area contributed by atoms with Gasteiger partial charge in [0, 0.05) is 32.5 Å². The lowest BCUT2D eigenvalue weighted by molar-refractivity contribution is -0.314. The Hall–Kier alpha value is -0.260. The second-order valence-electron chi connectivity index (χ2n) is 12.5. The quantitative estimate of drug-likeness (QED) is 0.329. The molecule has 0 N–H and O–H groups in total. The summed E-state index contributed by atoms with van der Waals surface area (Å²) < 4.78 is 32.1.